The van der Waals surface area contributed by atoms with Crippen molar-refractivity contribution in [3.63, 3.8) is 0 Å². The zero-order chi connectivity index (χ0) is 10.4. The van der Waals surface area contributed by atoms with Crippen LogP contribution in [0.4, 0.5) is 0 Å². The van der Waals surface area contributed by atoms with Gasteiger partial charge in [-0.3, -0.25) is 4.99 Å². The number of nitrogens with one attached hydrogen (secondary N) is 1. The smallest absolute Gasteiger partial charge is 0.0966 e. The van der Waals surface area contributed by atoms with E-state index in [1.165, 1.54) is 19.3 Å². The summed E-state index contributed by atoms with van der Waals surface area (Å²) in [4.78, 5) is 4.49. The van der Waals surface area contributed by atoms with E-state index in [0.717, 1.165) is 18.8 Å². The number of nitrogens with zero attached hydrogens (tertiary/aromatic N) is 1. The molecular weight excluding hydrogens is 176 g/mol. The summed E-state index contributed by atoms with van der Waals surface area (Å²) in [5.41, 5.74) is 0. The summed E-state index contributed by atoms with van der Waals surface area (Å²) in [6.07, 6.45) is 4.75. The average molecular weight is 198 g/mol. The molecule has 3 nitrogen and oxygen atoms in total. The fourth-order valence-electron chi connectivity index (χ4n) is 1.63. The summed E-state index contributed by atoms with van der Waals surface area (Å²) >= 11 is 0. The van der Waals surface area contributed by atoms with Crippen molar-refractivity contribution in [1.82, 2.24) is 5.32 Å². The van der Waals surface area contributed by atoms with Gasteiger partial charge in [-0.05, 0) is 18.8 Å². The molecule has 0 fully saturated rings. The number of amidine groups is 1. The third kappa shape index (κ3) is 3.66. The van der Waals surface area contributed by atoms with Crippen LogP contribution in [0.2, 0.25) is 0 Å². The summed E-state index contributed by atoms with van der Waals surface area (Å²) < 4.78 is 0. The van der Waals surface area contributed by atoms with Gasteiger partial charge in [-0.25, -0.2) is 0 Å². The number of hydrogen-bond donors (Lipinski definition) is 2. The topological polar surface area (TPSA) is 44.6 Å². The molecule has 14 heavy (non-hydrogen) atoms. The molecule has 82 valence electrons. The largest absolute Gasteiger partial charge is 0.394 e. The lowest BCUT2D eigenvalue weighted by molar-refractivity contribution is 0.225. The van der Waals surface area contributed by atoms with E-state index in [1.54, 1.807) is 0 Å². The van der Waals surface area contributed by atoms with Crippen LogP contribution in [0.15, 0.2) is 4.99 Å². The molecule has 0 radical (unpaired) electrons. The highest BCUT2D eigenvalue weighted by atomic mass is 16.3. The first-order valence-corrected chi connectivity index (χ1v) is 5.64. The summed E-state index contributed by atoms with van der Waals surface area (Å²) in [5.74, 6) is 1.54. The molecule has 0 bridgehead atoms. The van der Waals surface area contributed by atoms with Crippen molar-refractivity contribution in [2.45, 2.75) is 45.6 Å². The monoisotopic (exact) mass is 198 g/mol. The molecule has 0 aromatic rings. The lowest BCUT2D eigenvalue weighted by atomic mass is 10.1. The Labute approximate surface area is 86.6 Å². The van der Waals surface area contributed by atoms with Crippen molar-refractivity contribution in [1.29, 1.82) is 0 Å². The highest BCUT2D eigenvalue weighted by Gasteiger charge is 2.14. The van der Waals surface area contributed by atoms with E-state index in [-0.39, 0.29) is 12.6 Å². The zero-order valence-corrected chi connectivity index (χ0v) is 9.29. The van der Waals surface area contributed by atoms with Crippen LogP contribution < -0.4 is 5.32 Å². The predicted molar refractivity (Wildman–Crippen MR) is 59.6 cm³/mol. The van der Waals surface area contributed by atoms with Gasteiger partial charge in [-0.2, -0.15) is 0 Å². The van der Waals surface area contributed by atoms with Crippen LogP contribution in [0.3, 0.4) is 0 Å². The van der Waals surface area contributed by atoms with Crippen molar-refractivity contribution < 1.29 is 5.11 Å². The number of aliphatic hydroxyl groups excluding tert-OH is 1. The average Bonchev–Trinajstić information content (AvgIpc) is 2.41. The summed E-state index contributed by atoms with van der Waals surface area (Å²) in [6.45, 7) is 5.37. The molecule has 0 aromatic heterocycles. The third-order valence-corrected chi connectivity index (χ3v) is 2.73. The Balaban J connectivity index is 2.43. The molecule has 1 aliphatic rings. The Morgan fingerprint density at radius 1 is 1.36 bits per heavy atom. The molecule has 0 aliphatic carbocycles. The molecule has 0 spiro atoms. The van der Waals surface area contributed by atoms with Crippen LogP contribution in [0.1, 0.15) is 39.5 Å². The van der Waals surface area contributed by atoms with Gasteiger partial charge >= 0.3 is 0 Å². The Kier molecular flexibility index (Phi) is 4.94. The molecule has 0 saturated carbocycles. The van der Waals surface area contributed by atoms with E-state index >= 15 is 0 Å². The second-order valence-electron chi connectivity index (χ2n) is 4.32. The highest BCUT2D eigenvalue weighted by Crippen LogP contribution is 2.08. The zero-order valence-electron chi connectivity index (χ0n) is 9.29. The van der Waals surface area contributed by atoms with E-state index in [2.05, 4.69) is 24.2 Å². The molecule has 0 aromatic carbocycles. The molecule has 2 N–H and O–H groups in total. The van der Waals surface area contributed by atoms with E-state index in [1.807, 2.05) is 0 Å². The van der Waals surface area contributed by atoms with Crippen molar-refractivity contribution in [3.8, 4) is 0 Å². The molecule has 3 heteroatoms. The number of rotatable bonds is 3. The molecule has 1 atom stereocenters. The number of hydrogen-bond acceptors (Lipinski definition) is 3. The molecule has 1 aliphatic heterocycles. The molecule has 0 unspecified atom stereocenters. The quantitative estimate of drug-likeness (QED) is 0.723. The van der Waals surface area contributed by atoms with Gasteiger partial charge in [0.15, 0.2) is 0 Å². The second-order valence-corrected chi connectivity index (χ2v) is 4.32. The summed E-state index contributed by atoms with van der Waals surface area (Å²) in [6, 6.07) is 0.159. The Hall–Kier alpha value is -0.570. The Bertz CT molecular complexity index is 190. The van der Waals surface area contributed by atoms with Crippen molar-refractivity contribution >= 4 is 5.84 Å². The summed E-state index contributed by atoms with van der Waals surface area (Å²) in [5, 5.41) is 12.5. The van der Waals surface area contributed by atoms with Gasteiger partial charge < -0.3 is 10.4 Å². The van der Waals surface area contributed by atoms with E-state index < -0.39 is 0 Å². The van der Waals surface area contributed by atoms with Gasteiger partial charge in [0, 0.05) is 13.0 Å². The van der Waals surface area contributed by atoms with E-state index in [0.29, 0.717) is 5.92 Å². The van der Waals surface area contributed by atoms with Crippen LogP contribution >= 0.6 is 0 Å². The Morgan fingerprint density at radius 2 is 2.14 bits per heavy atom. The number of aliphatic hydroxyl groups is 1. The minimum Gasteiger partial charge on any atom is -0.394 e. The van der Waals surface area contributed by atoms with Crippen LogP contribution in [0.5, 0.6) is 0 Å². The van der Waals surface area contributed by atoms with Gasteiger partial charge in [-0.15, -0.1) is 0 Å². The first-order chi connectivity index (χ1) is 6.74. The van der Waals surface area contributed by atoms with Gasteiger partial charge in [0.2, 0.25) is 0 Å². The lowest BCUT2D eigenvalue weighted by Crippen LogP contribution is -2.41. The normalized spacial score (nSPS) is 20.1. The lowest BCUT2D eigenvalue weighted by Gasteiger charge is -2.21. The maximum atomic E-state index is 9.18. The van der Waals surface area contributed by atoms with Crippen molar-refractivity contribution in [3.05, 3.63) is 0 Å². The summed E-state index contributed by atoms with van der Waals surface area (Å²) in [7, 11) is 0. The van der Waals surface area contributed by atoms with Gasteiger partial charge in [0.25, 0.3) is 0 Å². The maximum Gasteiger partial charge on any atom is 0.0966 e. The molecular formula is C11H22N2O. The minimum atomic E-state index is 0.159. The van der Waals surface area contributed by atoms with E-state index in [4.69, 9.17) is 0 Å². The fraction of sp³-hybridized carbons (Fsp3) is 0.909. The van der Waals surface area contributed by atoms with Crippen LogP contribution in [0, 0.1) is 5.92 Å². The Morgan fingerprint density at radius 3 is 2.79 bits per heavy atom. The third-order valence-electron chi connectivity index (χ3n) is 2.73. The first-order valence-electron chi connectivity index (χ1n) is 5.64. The van der Waals surface area contributed by atoms with Crippen LogP contribution in [-0.4, -0.2) is 30.1 Å². The van der Waals surface area contributed by atoms with Gasteiger partial charge in [-0.1, -0.05) is 20.3 Å². The second kappa shape index (κ2) is 6.02. The van der Waals surface area contributed by atoms with Crippen molar-refractivity contribution in [2.75, 3.05) is 13.2 Å². The standard InChI is InChI=1S/C11H22N2O/c1-9(2)10(8-14)13-11-6-4-3-5-7-12-11/h9-10,14H,3-8H2,1-2H3,(H,12,13)/t10-/m1/s1. The van der Waals surface area contributed by atoms with Crippen LogP contribution in [0.25, 0.3) is 0 Å². The molecule has 1 rings (SSSR count). The fourth-order valence-corrected chi connectivity index (χ4v) is 1.63. The van der Waals surface area contributed by atoms with Gasteiger partial charge in [0.05, 0.1) is 18.5 Å². The predicted octanol–water partition coefficient (Wildman–Crippen LogP) is 1.57. The van der Waals surface area contributed by atoms with Gasteiger partial charge in [0.1, 0.15) is 0 Å². The highest BCUT2D eigenvalue weighted by molar-refractivity contribution is 5.82. The first kappa shape index (κ1) is 11.5. The van der Waals surface area contributed by atoms with Crippen LogP contribution in [-0.2, 0) is 0 Å². The molecule has 1 heterocycles. The minimum absolute atomic E-state index is 0.159. The molecule has 0 saturated heterocycles. The SMILES string of the molecule is CC(C)[C@@H](CO)NC1=NCCCCC1. The number of aliphatic imine (C=N–C) groups is 1. The van der Waals surface area contributed by atoms with Crippen molar-refractivity contribution in [2.24, 2.45) is 10.9 Å². The molecule has 0 amide bonds. The maximum absolute atomic E-state index is 9.18. The van der Waals surface area contributed by atoms with E-state index in [9.17, 15) is 5.11 Å².